The van der Waals surface area contributed by atoms with Gasteiger partial charge in [-0.05, 0) is 18.8 Å². The topological polar surface area (TPSA) is 47.9 Å². The molecule has 5 atom stereocenters. The molecule has 2 fully saturated rings. The zero-order valence-electron chi connectivity index (χ0n) is 12.2. The van der Waals surface area contributed by atoms with Crippen molar-refractivity contribution in [3.05, 3.63) is 0 Å². The summed E-state index contributed by atoms with van der Waals surface area (Å²) in [5.74, 6) is 0.816. The van der Waals surface area contributed by atoms with E-state index in [0.717, 1.165) is 12.3 Å². The molecule has 19 heavy (non-hydrogen) atoms. The molecule has 0 amide bonds. The fourth-order valence-electron chi connectivity index (χ4n) is 3.16. The van der Waals surface area contributed by atoms with Crippen LogP contribution in [0.25, 0.3) is 0 Å². The van der Waals surface area contributed by atoms with E-state index in [1.54, 1.807) is 7.11 Å². The standard InChI is InChI=1S/C15H28O4/c1-3-11-5-4-6-12(9-11)19-14-10-13(16)15(14)18-8-7-17-2/h11-16H,3-10H2,1-2H3. The highest BCUT2D eigenvalue weighted by Crippen LogP contribution is 2.34. The van der Waals surface area contributed by atoms with Crippen LogP contribution in [0, 0.1) is 5.92 Å². The first-order valence-electron chi connectivity index (χ1n) is 7.68. The molecule has 0 radical (unpaired) electrons. The zero-order valence-corrected chi connectivity index (χ0v) is 12.2. The molecule has 5 unspecified atom stereocenters. The predicted molar refractivity (Wildman–Crippen MR) is 73.1 cm³/mol. The molecule has 4 heteroatoms. The lowest BCUT2D eigenvalue weighted by molar-refractivity contribution is -0.214. The number of aliphatic hydroxyl groups excluding tert-OH is 1. The largest absolute Gasteiger partial charge is 0.390 e. The van der Waals surface area contributed by atoms with Crippen LogP contribution in [0.3, 0.4) is 0 Å². The van der Waals surface area contributed by atoms with Gasteiger partial charge in [-0.25, -0.2) is 0 Å². The molecule has 112 valence electrons. The Kier molecular flexibility index (Phi) is 6.07. The van der Waals surface area contributed by atoms with Crippen molar-refractivity contribution in [1.82, 2.24) is 0 Å². The summed E-state index contributed by atoms with van der Waals surface area (Å²) < 4.78 is 16.7. The summed E-state index contributed by atoms with van der Waals surface area (Å²) >= 11 is 0. The average Bonchev–Trinajstić information content (AvgIpc) is 2.43. The van der Waals surface area contributed by atoms with Crippen LogP contribution in [0.4, 0.5) is 0 Å². The highest BCUT2D eigenvalue weighted by atomic mass is 16.6. The maximum atomic E-state index is 9.76. The number of ether oxygens (including phenoxy) is 3. The summed E-state index contributed by atoms with van der Waals surface area (Å²) in [6.45, 7) is 3.36. The molecule has 2 rings (SSSR count). The van der Waals surface area contributed by atoms with E-state index < -0.39 is 0 Å². The molecule has 2 aliphatic rings. The van der Waals surface area contributed by atoms with Gasteiger partial charge in [0.25, 0.3) is 0 Å². The van der Waals surface area contributed by atoms with Crippen LogP contribution >= 0.6 is 0 Å². The summed E-state index contributed by atoms with van der Waals surface area (Å²) in [5.41, 5.74) is 0. The van der Waals surface area contributed by atoms with Crippen molar-refractivity contribution in [2.75, 3.05) is 20.3 Å². The summed E-state index contributed by atoms with van der Waals surface area (Å²) in [7, 11) is 1.65. The fourth-order valence-corrected chi connectivity index (χ4v) is 3.16. The van der Waals surface area contributed by atoms with Gasteiger partial charge < -0.3 is 19.3 Å². The first-order chi connectivity index (χ1) is 9.24. The first-order valence-corrected chi connectivity index (χ1v) is 7.68. The third-order valence-electron chi connectivity index (χ3n) is 4.50. The van der Waals surface area contributed by atoms with E-state index in [-0.39, 0.29) is 18.3 Å². The lowest BCUT2D eigenvalue weighted by Crippen LogP contribution is -2.55. The summed E-state index contributed by atoms with van der Waals surface area (Å²) in [6, 6.07) is 0. The number of methoxy groups -OCH3 is 1. The van der Waals surface area contributed by atoms with Gasteiger partial charge in [-0.2, -0.15) is 0 Å². The van der Waals surface area contributed by atoms with Crippen molar-refractivity contribution < 1.29 is 19.3 Å². The molecule has 2 aliphatic carbocycles. The van der Waals surface area contributed by atoms with Gasteiger partial charge in [0, 0.05) is 13.5 Å². The van der Waals surface area contributed by atoms with E-state index in [9.17, 15) is 5.11 Å². The summed E-state index contributed by atoms with van der Waals surface area (Å²) in [5, 5.41) is 9.76. The Hall–Kier alpha value is -0.160. The molecule has 0 aromatic heterocycles. The van der Waals surface area contributed by atoms with Gasteiger partial charge in [0.05, 0.1) is 31.5 Å². The van der Waals surface area contributed by atoms with E-state index in [1.165, 1.54) is 25.7 Å². The van der Waals surface area contributed by atoms with Gasteiger partial charge >= 0.3 is 0 Å². The van der Waals surface area contributed by atoms with Crippen molar-refractivity contribution in [1.29, 1.82) is 0 Å². The molecular formula is C15H28O4. The Morgan fingerprint density at radius 1 is 1.16 bits per heavy atom. The summed E-state index contributed by atoms with van der Waals surface area (Å²) in [6.07, 6.45) is 6.83. The number of hydrogen-bond acceptors (Lipinski definition) is 4. The van der Waals surface area contributed by atoms with Gasteiger partial charge in [0.2, 0.25) is 0 Å². The Balaban J connectivity index is 1.72. The maximum absolute atomic E-state index is 9.76. The quantitative estimate of drug-likeness (QED) is 0.721. The minimum Gasteiger partial charge on any atom is -0.390 e. The predicted octanol–water partition coefficient (Wildman–Crippen LogP) is 2.14. The molecule has 2 saturated carbocycles. The molecule has 0 bridgehead atoms. The van der Waals surface area contributed by atoms with Crippen LogP contribution in [-0.2, 0) is 14.2 Å². The van der Waals surface area contributed by atoms with Crippen LogP contribution in [0.15, 0.2) is 0 Å². The minimum atomic E-state index is -0.368. The first kappa shape index (κ1) is 15.2. The van der Waals surface area contributed by atoms with Crippen LogP contribution in [0.1, 0.15) is 45.4 Å². The second-order valence-electron chi connectivity index (χ2n) is 5.87. The summed E-state index contributed by atoms with van der Waals surface area (Å²) in [4.78, 5) is 0. The van der Waals surface area contributed by atoms with Crippen LogP contribution in [0.2, 0.25) is 0 Å². The number of aliphatic hydroxyl groups is 1. The van der Waals surface area contributed by atoms with E-state index in [2.05, 4.69) is 6.92 Å². The molecule has 1 N–H and O–H groups in total. The lowest BCUT2D eigenvalue weighted by Gasteiger charge is -2.43. The monoisotopic (exact) mass is 272 g/mol. The highest BCUT2D eigenvalue weighted by Gasteiger charge is 2.43. The van der Waals surface area contributed by atoms with E-state index in [4.69, 9.17) is 14.2 Å². The van der Waals surface area contributed by atoms with Crippen molar-refractivity contribution >= 4 is 0 Å². The minimum absolute atomic E-state index is 0.0764. The molecule has 0 aliphatic heterocycles. The third-order valence-corrected chi connectivity index (χ3v) is 4.50. The van der Waals surface area contributed by atoms with Gasteiger partial charge in [-0.1, -0.05) is 26.2 Å². The van der Waals surface area contributed by atoms with Crippen LogP contribution in [0.5, 0.6) is 0 Å². The third kappa shape index (κ3) is 4.15. The van der Waals surface area contributed by atoms with Gasteiger partial charge in [0.1, 0.15) is 6.10 Å². The maximum Gasteiger partial charge on any atom is 0.110 e. The number of rotatable bonds is 7. The van der Waals surface area contributed by atoms with E-state index in [1.807, 2.05) is 0 Å². The number of hydrogen-bond donors (Lipinski definition) is 1. The Morgan fingerprint density at radius 2 is 2.00 bits per heavy atom. The molecular weight excluding hydrogens is 244 g/mol. The fraction of sp³-hybridized carbons (Fsp3) is 1.00. The van der Waals surface area contributed by atoms with Gasteiger partial charge in [-0.15, -0.1) is 0 Å². The van der Waals surface area contributed by atoms with E-state index >= 15 is 0 Å². The second kappa shape index (κ2) is 7.58. The van der Waals surface area contributed by atoms with Crippen molar-refractivity contribution in [3.8, 4) is 0 Å². The molecule has 0 aromatic rings. The Labute approximate surface area is 116 Å². The second-order valence-corrected chi connectivity index (χ2v) is 5.87. The van der Waals surface area contributed by atoms with Crippen LogP contribution in [-0.4, -0.2) is 49.8 Å². The molecule has 4 nitrogen and oxygen atoms in total. The highest BCUT2D eigenvalue weighted by molar-refractivity contribution is 4.93. The molecule has 0 spiro atoms. The van der Waals surface area contributed by atoms with Gasteiger partial charge in [-0.3, -0.25) is 0 Å². The Morgan fingerprint density at radius 3 is 2.68 bits per heavy atom. The Bertz CT molecular complexity index is 259. The zero-order chi connectivity index (χ0) is 13.7. The lowest BCUT2D eigenvalue weighted by atomic mass is 9.84. The van der Waals surface area contributed by atoms with Crippen molar-refractivity contribution in [3.63, 3.8) is 0 Å². The normalized spacial score (nSPS) is 39.0. The van der Waals surface area contributed by atoms with Crippen molar-refractivity contribution in [2.24, 2.45) is 5.92 Å². The molecule has 0 saturated heterocycles. The molecule has 0 heterocycles. The van der Waals surface area contributed by atoms with Crippen molar-refractivity contribution in [2.45, 2.75) is 69.9 Å². The van der Waals surface area contributed by atoms with Crippen LogP contribution < -0.4 is 0 Å². The smallest absolute Gasteiger partial charge is 0.110 e. The van der Waals surface area contributed by atoms with E-state index in [0.29, 0.717) is 25.7 Å². The molecule has 0 aromatic carbocycles. The van der Waals surface area contributed by atoms with Gasteiger partial charge in [0.15, 0.2) is 0 Å². The average molecular weight is 272 g/mol. The SMILES string of the molecule is CCC1CCCC(OC2CC(O)C2OCCOC)C1.